The Kier molecular flexibility index (Phi) is 4.10. The maximum atomic E-state index is 6.07. The van der Waals surface area contributed by atoms with Crippen molar-refractivity contribution in [2.75, 3.05) is 5.75 Å². The van der Waals surface area contributed by atoms with Gasteiger partial charge < -0.3 is 5.73 Å². The standard InChI is InChI=1S/C10H14ClNS/c1-3-13-8-4-5-9(7(2)12)10(11)6-8/h4-7H,3,12H2,1-2H3. The molecule has 0 saturated heterocycles. The predicted molar refractivity (Wildman–Crippen MR) is 60.5 cm³/mol. The SMILES string of the molecule is CCSc1ccc(C(C)N)c(Cl)c1. The molecule has 1 unspecified atom stereocenters. The molecule has 0 aliphatic rings. The van der Waals surface area contributed by atoms with Crippen molar-refractivity contribution in [3.05, 3.63) is 28.8 Å². The van der Waals surface area contributed by atoms with Crippen molar-refractivity contribution >= 4 is 23.4 Å². The van der Waals surface area contributed by atoms with Crippen LogP contribution in [0, 0.1) is 0 Å². The Morgan fingerprint density at radius 3 is 2.69 bits per heavy atom. The summed E-state index contributed by atoms with van der Waals surface area (Å²) in [5.41, 5.74) is 6.76. The lowest BCUT2D eigenvalue weighted by molar-refractivity contribution is 0.817. The fourth-order valence-electron chi connectivity index (χ4n) is 1.13. The van der Waals surface area contributed by atoms with Gasteiger partial charge in [0.15, 0.2) is 0 Å². The Morgan fingerprint density at radius 2 is 2.23 bits per heavy atom. The van der Waals surface area contributed by atoms with Gasteiger partial charge in [0.1, 0.15) is 0 Å². The van der Waals surface area contributed by atoms with Gasteiger partial charge in [-0.25, -0.2) is 0 Å². The molecule has 1 aromatic rings. The molecule has 1 nitrogen and oxygen atoms in total. The van der Waals surface area contributed by atoms with Crippen molar-refractivity contribution in [2.45, 2.75) is 24.8 Å². The van der Waals surface area contributed by atoms with Crippen LogP contribution in [0.2, 0.25) is 5.02 Å². The summed E-state index contributed by atoms with van der Waals surface area (Å²) in [6.45, 7) is 4.06. The van der Waals surface area contributed by atoms with E-state index in [1.165, 1.54) is 4.90 Å². The van der Waals surface area contributed by atoms with Crippen LogP contribution in [0.3, 0.4) is 0 Å². The average molecular weight is 216 g/mol. The summed E-state index contributed by atoms with van der Waals surface area (Å²) < 4.78 is 0. The first-order valence-corrected chi connectivity index (χ1v) is 5.69. The van der Waals surface area contributed by atoms with Gasteiger partial charge in [0.05, 0.1) is 0 Å². The van der Waals surface area contributed by atoms with Crippen LogP contribution in [-0.2, 0) is 0 Å². The van der Waals surface area contributed by atoms with Crippen LogP contribution in [0.1, 0.15) is 25.5 Å². The first-order valence-electron chi connectivity index (χ1n) is 4.33. The monoisotopic (exact) mass is 215 g/mol. The lowest BCUT2D eigenvalue weighted by atomic mass is 10.1. The number of thioether (sulfide) groups is 1. The van der Waals surface area contributed by atoms with Crippen molar-refractivity contribution in [1.29, 1.82) is 0 Å². The lowest BCUT2D eigenvalue weighted by Gasteiger charge is -2.09. The van der Waals surface area contributed by atoms with E-state index in [0.29, 0.717) is 0 Å². The molecule has 0 bridgehead atoms. The Balaban J connectivity index is 2.92. The number of nitrogens with two attached hydrogens (primary N) is 1. The van der Waals surface area contributed by atoms with Crippen molar-refractivity contribution < 1.29 is 0 Å². The van der Waals surface area contributed by atoms with Gasteiger partial charge in [0.2, 0.25) is 0 Å². The third-order valence-electron chi connectivity index (χ3n) is 1.77. The number of hydrogen-bond donors (Lipinski definition) is 1. The molecule has 1 atom stereocenters. The van der Waals surface area contributed by atoms with Crippen LogP contribution in [0.5, 0.6) is 0 Å². The van der Waals surface area contributed by atoms with Gasteiger partial charge in [-0.15, -0.1) is 11.8 Å². The Labute approximate surface area is 88.7 Å². The van der Waals surface area contributed by atoms with E-state index < -0.39 is 0 Å². The molecule has 3 heteroatoms. The van der Waals surface area contributed by atoms with Crippen LogP contribution in [0.15, 0.2) is 23.1 Å². The summed E-state index contributed by atoms with van der Waals surface area (Å²) in [6, 6.07) is 6.06. The summed E-state index contributed by atoms with van der Waals surface area (Å²) >= 11 is 7.85. The van der Waals surface area contributed by atoms with Crippen LogP contribution in [0.25, 0.3) is 0 Å². The van der Waals surface area contributed by atoms with E-state index in [9.17, 15) is 0 Å². The number of benzene rings is 1. The number of halogens is 1. The van der Waals surface area contributed by atoms with Gasteiger partial charge in [-0.05, 0) is 30.4 Å². The number of hydrogen-bond acceptors (Lipinski definition) is 2. The lowest BCUT2D eigenvalue weighted by Crippen LogP contribution is -2.05. The highest BCUT2D eigenvalue weighted by Gasteiger charge is 2.05. The van der Waals surface area contributed by atoms with Crippen molar-refractivity contribution in [3.8, 4) is 0 Å². The molecule has 1 aromatic carbocycles. The maximum Gasteiger partial charge on any atom is 0.0464 e. The average Bonchev–Trinajstić information content (AvgIpc) is 2.04. The zero-order valence-electron chi connectivity index (χ0n) is 7.88. The molecule has 0 saturated carbocycles. The second-order valence-corrected chi connectivity index (χ2v) is 4.65. The van der Waals surface area contributed by atoms with Gasteiger partial charge in [0.25, 0.3) is 0 Å². The normalized spacial score (nSPS) is 12.9. The zero-order chi connectivity index (χ0) is 9.84. The molecule has 72 valence electrons. The van der Waals surface area contributed by atoms with Gasteiger partial charge in [-0.2, -0.15) is 0 Å². The summed E-state index contributed by atoms with van der Waals surface area (Å²) in [7, 11) is 0. The third-order valence-corrected chi connectivity index (χ3v) is 2.98. The van der Waals surface area contributed by atoms with Gasteiger partial charge in [-0.1, -0.05) is 24.6 Å². The molecule has 0 fully saturated rings. The summed E-state index contributed by atoms with van der Waals surface area (Å²) in [4.78, 5) is 1.21. The van der Waals surface area contributed by atoms with E-state index in [1.807, 2.05) is 19.1 Å². The minimum absolute atomic E-state index is 0.00757. The van der Waals surface area contributed by atoms with Crippen LogP contribution >= 0.6 is 23.4 Å². The topological polar surface area (TPSA) is 26.0 Å². The second-order valence-electron chi connectivity index (χ2n) is 2.91. The highest BCUT2D eigenvalue weighted by Crippen LogP contribution is 2.27. The second kappa shape index (κ2) is 4.89. The first-order chi connectivity index (χ1) is 6.15. The van der Waals surface area contributed by atoms with E-state index in [0.717, 1.165) is 16.3 Å². The number of rotatable bonds is 3. The molecule has 13 heavy (non-hydrogen) atoms. The first kappa shape index (κ1) is 10.9. The molecular weight excluding hydrogens is 202 g/mol. The highest BCUT2D eigenvalue weighted by molar-refractivity contribution is 7.99. The van der Waals surface area contributed by atoms with Crippen LogP contribution in [0.4, 0.5) is 0 Å². The van der Waals surface area contributed by atoms with Crippen LogP contribution < -0.4 is 5.73 Å². The quantitative estimate of drug-likeness (QED) is 0.782. The van der Waals surface area contributed by atoms with Crippen LogP contribution in [-0.4, -0.2) is 5.75 Å². The summed E-state index contributed by atoms with van der Waals surface area (Å²) in [5.74, 6) is 1.06. The zero-order valence-corrected chi connectivity index (χ0v) is 9.45. The predicted octanol–water partition coefficient (Wildman–Crippen LogP) is 3.47. The van der Waals surface area contributed by atoms with Gasteiger partial charge in [-0.3, -0.25) is 0 Å². The molecule has 0 radical (unpaired) electrons. The molecule has 0 aliphatic carbocycles. The Morgan fingerprint density at radius 1 is 1.54 bits per heavy atom. The smallest absolute Gasteiger partial charge is 0.0464 e. The van der Waals surface area contributed by atoms with E-state index in [-0.39, 0.29) is 6.04 Å². The van der Waals surface area contributed by atoms with E-state index in [4.69, 9.17) is 17.3 Å². The molecule has 0 aromatic heterocycles. The van der Waals surface area contributed by atoms with E-state index in [1.54, 1.807) is 11.8 Å². The molecule has 1 rings (SSSR count). The Hall–Kier alpha value is -0.180. The van der Waals surface area contributed by atoms with E-state index in [2.05, 4.69) is 13.0 Å². The van der Waals surface area contributed by atoms with Gasteiger partial charge >= 0.3 is 0 Å². The molecule has 0 heterocycles. The van der Waals surface area contributed by atoms with E-state index >= 15 is 0 Å². The van der Waals surface area contributed by atoms with Crippen molar-refractivity contribution in [2.24, 2.45) is 5.73 Å². The Bertz CT molecular complexity index is 286. The summed E-state index contributed by atoms with van der Waals surface area (Å²) in [5, 5.41) is 0.772. The fraction of sp³-hybridized carbons (Fsp3) is 0.400. The molecule has 0 amide bonds. The minimum Gasteiger partial charge on any atom is -0.324 e. The minimum atomic E-state index is 0.00757. The largest absolute Gasteiger partial charge is 0.324 e. The highest BCUT2D eigenvalue weighted by atomic mass is 35.5. The van der Waals surface area contributed by atoms with Crippen molar-refractivity contribution in [1.82, 2.24) is 0 Å². The van der Waals surface area contributed by atoms with Gasteiger partial charge in [0, 0.05) is 16.0 Å². The third kappa shape index (κ3) is 2.90. The molecule has 0 aliphatic heterocycles. The molecular formula is C10H14ClNS. The summed E-state index contributed by atoms with van der Waals surface area (Å²) in [6.07, 6.45) is 0. The molecule has 0 spiro atoms. The maximum absolute atomic E-state index is 6.07. The van der Waals surface area contributed by atoms with Crippen molar-refractivity contribution in [3.63, 3.8) is 0 Å². The molecule has 2 N–H and O–H groups in total. The fourth-order valence-corrected chi connectivity index (χ4v) is 2.25.